The highest BCUT2D eigenvalue weighted by atomic mass is 127. The molecule has 0 saturated heterocycles. The lowest BCUT2D eigenvalue weighted by atomic mass is 10.1. The van der Waals surface area contributed by atoms with Crippen LogP contribution in [0.1, 0.15) is 16.8 Å². The van der Waals surface area contributed by atoms with Gasteiger partial charge in [-0.05, 0) is 11.6 Å². The molecular weight excluding hydrogens is 293 g/mol. The number of pyridine rings is 1. The molecule has 0 aliphatic carbocycles. The standard InChI is InChI=1S/C9H8IN3O/c10-13-2-1-8-7(5-13)3-6(4-11)9(14)12-8/h3H,1-2,5H2,(H,12,14). The number of aromatic amines is 1. The largest absolute Gasteiger partial charge is 0.325 e. The Morgan fingerprint density at radius 3 is 3.14 bits per heavy atom. The molecule has 1 aliphatic rings. The third-order valence-corrected chi connectivity index (χ3v) is 3.11. The van der Waals surface area contributed by atoms with Crippen molar-refractivity contribution < 1.29 is 0 Å². The molecule has 1 aromatic heterocycles. The fourth-order valence-electron chi connectivity index (χ4n) is 1.56. The summed E-state index contributed by atoms with van der Waals surface area (Å²) in [4.78, 5) is 14.1. The predicted molar refractivity (Wildman–Crippen MR) is 59.9 cm³/mol. The van der Waals surface area contributed by atoms with Crippen LogP contribution >= 0.6 is 22.9 Å². The van der Waals surface area contributed by atoms with Crippen molar-refractivity contribution in [2.24, 2.45) is 0 Å². The zero-order valence-corrected chi connectivity index (χ0v) is 9.54. The van der Waals surface area contributed by atoms with Crippen molar-refractivity contribution in [3.8, 4) is 6.07 Å². The van der Waals surface area contributed by atoms with Crippen LogP contribution in [-0.2, 0) is 13.0 Å². The van der Waals surface area contributed by atoms with Gasteiger partial charge in [0.25, 0.3) is 5.56 Å². The first-order valence-corrected chi connectivity index (χ1v) is 5.23. The number of halogens is 1. The number of nitriles is 1. The maximum Gasteiger partial charge on any atom is 0.266 e. The molecule has 0 aromatic carbocycles. The van der Waals surface area contributed by atoms with Crippen LogP contribution in [0.4, 0.5) is 0 Å². The molecule has 0 saturated carbocycles. The smallest absolute Gasteiger partial charge is 0.266 e. The van der Waals surface area contributed by atoms with Gasteiger partial charge in [-0.15, -0.1) is 0 Å². The van der Waals surface area contributed by atoms with Gasteiger partial charge in [0.1, 0.15) is 11.6 Å². The number of rotatable bonds is 0. The first-order valence-electron chi connectivity index (χ1n) is 4.26. The van der Waals surface area contributed by atoms with E-state index in [1.807, 2.05) is 6.07 Å². The molecule has 5 heteroatoms. The van der Waals surface area contributed by atoms with Gasteiger partial charge in [-0.3, -0.25) is 4.79 Å². The Hall–Kier alpha value is -0.870. The van der Waals surface area contributed by atoms with Crippen molar-refractivity contribution in [1.29, 1.82) is 5.26 Å². The molecule has 0 amide bonds. The Morgan fingerprint density at radius 2 is 2.43 bits per heavy atom. The Labute approximate surface area is 95.0 Å². The molecular formula is C9H8IN3O. The molecule has 0 fully saturated rings. The number of H-pyrrole nitrogens is 1. The summed E-state index contributed by atoms with van der Waals surface area (Å²) < 4.78 is 2.14. The van der Waals surface area contributed by atoms with Crippen molar-refractivity contribution in [3.63, 3.8) is 0 Å². The Bertz CT molecular complexity index is 460. The minimum absolute atomic E-state index is 0.204. The van der Waals surface area contributed by atoms with E-state index in [0.717, 1.165) is 30.8 Å². The number of nitrogens with one attached hydrogen (secondary N) is 1. The summed E-state index contributed by atoms with van der Waals surface area (Å²) >= 11 is 2.24. The molecule has 1 N–H and O–H groups in total. The molecule has 14 heavy (non-hydrogen) atoms. The van der Waals surface area contributed by atoms with Crippen molar-refractivity contribution in [3.05, 3.63) is 33.2 Å². The third kappa shape index (κ3) is 1.67. The molecule has 72 valence electrons. The second-order valence-corrected chi connectivity index (χ2v) is 4.59. The fraction of sp³-hybridized carbons (Fsp3) is 0.333. The number of fused-ring (bicyclic) bond motifs is 1. The SMILES string of the molecule is N#Cc1cc2c([nH]c1=O)CCN(I)C2. The molecule has 2 rings (SSSR count). The van der Waals surface area contributed by atoms with Crippen molar-refractivity contribution in [2.45, 2.75) is 13.0 Å². The molecule has 0 bridgehead atoms. The maximum absolute atomic E-state index is 11.3. The van der Waals surface area contributed by atoms with Gasteiger partial charge in [0.15, 0.2) is 0 Å². The van der Waals surface area contributed by atoms with Crippen molar-refractivity contribution in [2.75, 3.05) is 6.54 Å². The average Bonchev–Trinajstić information content (AvgIpc) is 2.17. The van der Waals surface area contributed by atoms with E-state index in [1.165, 1.54) is 0 Å². The number of hydrogen-bond donors (Lipinski definition) is 1. The molecule has 0 unspecified atom stereocenters. The van der Waals surface area contributed by atoms with Crippen LogP contribution in [0.5, 0.6) is 0 Å². The van der Waals surface area contributed by atoms with Gasteiger partial charge < -0.3 is 4.98 Å². The molecule has 0 radical (unpaired) electrons. The van der Waals surface area contributed by atoms with Gasteiger partial charge in [0.05, 0.1) is 0 Å². The van der Waals surface area contributed by atoms with E-state index in [2.05, 4.69) is 31.0 Å². The summed E-state index contributed by atoms with van der Waals surface area (Å²) in [6, 6.07) is 3.59. The van der Waals surface area contributed by atoms with Gasteiger partial charge in [0.2, 0.25) is 0 Å². The van der Waals surface area contributed by atoms with E-state index in [0.29, 0.717) is 0 Å². The quantitative estimate of drug-likeness (QED) is 0.573. The summed E-state index contributed by atoms with van der Waals surface area (Å²) in [5.74, 6) is 0. The first kappa shape index (κ1) is 9.68. The van der Waals surface area contributed by atoms with Crippen molar-refractivity contribution >= 4 is 22.9 Å². The zero-order chi connectivity index (χ0) is 10.1. The summed E-state index contributed by atoms with van der Waals surface area (Å²) in [6.45, 7) is 1.73. The molecule has 2 heterocycles. The first-order chi connectivity index (χ1) is 6.70. The fourth-order valence-corrected chi connectivity index (χ4v) is 2.16. The van der Waals surface area contributed by atoms with E-state index in [-0.39, 0.29) is 11.1 Å². The van der Waals surface area contributed by atoms with Crippen LogP contribution in [0.2, 0.25) is 0 Å². The Morgan fingerprint density at radius 1 is 1.64 bits per heavy atom. The molecule has 0 atom stereocenters. The monoisotopic (exact) mass is 301 g/mol. The van der Waals surface area contributed by atoms with Gasteiger partial charge >= 0.3 is 0 Å². The number of aromatic nitrogens is 1. The van der Waals surface area contributed by atoms with E-state index < -0.39 is 0 Å². The minimum atomic E-state index is -0.270. The molecule has 4 nitrogen and oxygen atoms in total. The van der Waals surface area contributed by atoms with E-state index in [4.69, 9.17) is 5.26 Å². The van der Waals surface area contributed by atoms with Crippen LogP contribution in [0, 0.1) is 11.3 Å². The minimum Gasteiger partial charge on any atom is -0.325 e. The normalized spacial score (nSPS) is 16.0. The third-order valence-electron chi connectivity index (χ3n) is 2.28. The van der Waals surface area contributed by atoms with Crippen LogP contribution in [0.25, 0.3) is 0 Å². The lowest BCUT2D eigenvalue weighted by Gasteiger charge is -2.22. The second-order valence-electron chi connectivity index (χ2n) is 3.22. The molecule has 1 aliphatic heterocycles. The van der Waals surface area contributed by atoms with Gasteiger partial charge in [-0.1, -0.05) is 0 Å². The summed E-state index contributed by atoms with van der Waals surface area (Å²) in [6.07, 6.45) is 0.846. The zero-order valence-electron chi connectivity index (χ0n) is 7.38. The maximum atomic E-state index is 11.3. The summed E-state index contributed by atoms with van der Waals surface area (Å²) in [5, 5.41) is 8.70. The summed E-state index contributed by atoms with van der Waals surface area (Å²) in [7, 11) is 0. The topological polar surface area (TPSA) is 59.9 Å². The Balaban J connectivity index is 2.53. The van der Waals surface area contributed by atoms with Crippen LogP contribution in [0.15, 0.2) is 10.9 Å². The second kappa shape index (κ2) is 3.71. The van der Waals surface area contributed by atoms with Crippen LogP contribution in [0.3, 0.4) is 0 Å². The van der Waals surface area contributed by atoms with Crippen LogP contribution < -0.4 is 5.56 Å². The highest BCUT2D eigenvalue weighted by Gasteiger charge is 2.16. The Kier molecular flexibility index (Phi) is 2.56. The predicted octanol–water partition coefficient (Wildman–Crippen LogP) is 0.955. The van der Waals surface area contributed by atoms with Crippen LogP contribution in [-0.4, -0.2) is 14.6 Å². The average molecular weight is 301 g/mol. The number of hydrogen-bond acceptors (Lipinski definition) is 3. The van der Waals surface area contributed by atoms with E-state index >= 15 is 0 Å². The van der Waals surface area contributed by atoms with E-state index in [9.17, 15) is 4.79 Å². The van der Waals surface area contributed by atoms with Gasteiger partial charge in [-0.2, -0.15) is 5.26 Å². The lowest BCUT2D eigenvalue weighted by molar-refractivity contribution is 0.473. The van der Waals surface area contributed by atoms with E-state index in [1.54, 1.807) is 6.07 Å². The molecule has 1 aromatic rings. The lowest BCUT2D eigenvalue weighted by Crippen LogP contribution is -2.26. The van der Waals surface area contributed by atoms with Crippen molar-refractivity contribution in [1.82, 2.24) is 8.10 Å². The van der Waals surface area contributed by atoms with Gasteiger partial charge in [0, 0.05) is 48.1 Å². The summed E-state index contributed by atoms with van der Waals surface area (Å²) in [5.41, 5.74) is 1.97. The number of nitrogens with zero attached hydrogens (tertiary/aromatic N) is 2. The molecule has 0 spiro atoms. The highest BCUT2D eigenvalue weighted by Crippen LogP contribution is 2.18. The van der Waals surface area contributed by atoms with Gasteiger partial charge in [-0.25, -0.2) is 3.11 Å². The highest BCUT2D eigenvalue weighted by molar-refractivity contribution is 14.1.